The number of ether oxygens (including phenoxy) is 2. The number of hydrogen-bond donors (Lipinski definition) is 1. The molecular formula is C23H20ClN3O4. The van der Waals surface area contributed by atoms with Crippen LogP contribution in [0.3, 0.4) is 0 Å². The van der Waals surface area contributed by atoms with Crippen molar-refractivity contribution in [2.45, 2.75) is 6.92 Å². The quantitative estimate of drug-likeness (QED) is 0.439. The molecule has 0 aliphatic carbocycles. The standard InChI is InChI=1S/C23H20ClN3O4/c1-14-9-10-19(31-14)22-16(13-27(26-22)15-7-5-4-6-8-15)23(28)25-18-12-20(29-2)17(24)11-21(18)30-3/h4-13H,1-3H3,(H,25,28). The van der Waals surface area contributed by atoms with Crippen LogP contribution in [0.5, 0.6) is 11.5 Å². The van der Waals surface area contributed by atoms with E-state index in [1.54, 1.807) is 29.1 Å². The maximum atomic E-state index is 13.3. The number of halogens is 1. The lowest BCUT2D eigenvalue weighted by Gasteiger charge is -2.13. The number of aromatic nitrogens is 2. The van der Waals surface area contributed by atoms with Crippen molar-refractivity contribution in [2.75, 3.05) is 19.5 Å². The van der Waals surface area contributed by atoms with Gasteiger partial charge in [-0.1, -0.05) is 29.8 Å². The Hall–Kier alpha value is -3.71. The van der Waals surface area contributed by atoms with Crippen LogP contribution < -0.4 is 14.8 Å². The summed E-state index contributed by atoms with van der Waals surface area (Å²) in [6.07, 6.45) is 1.66. The van der Waals surface area contributed by atoms with Gasteiger partial charge in [-0.05, 0) is 31.2 Å². The van der Waals surface area contributed by atoms with E-state index in [4.69, 9.17) is 25.5 Å². The summed E-state index contributed by atoms with van der Waals surface area (Å²) in [6.45, 7) is 1.84. The molecule has 0 spiro atoms. The summed E-state index contributed by atoms with van der Waals surface area (Å²) in [6, 6.07) is 16.3. The Morgan fingerprint density at radius 3 is 2.45 bits per heavy atom. The number of hydrogen-bond acceptors (Lipinski definition) is 5. The summed E-state index contributed by atoms with van der Waals surface area (Å²) < 4.78 is 18.0. The number of aryl methyl sites for hydroxylation is 1. The normalized spacial score (nSPS) is 10.7. The highest BCUT2D eigenvalue weighted by Crippen LogP contribution is 2.36. The molecule has 0 aliphatic heterocycles. The van der Waals surface area contributed by atoms with Crippen LogP contribution in [0.25, 0.3) is 17.1 Å². The van der Waals surface area contributed by atoms with Gasteiger partial charge in [-0.15, -0.1) is 0 Å². The molecule has 0 bridgehead atoms. The zero-order valence-electron chi connectivity index (χ0n) is 17.2. The number of furan rings is 1. The van der Waals surface area contributed by atoms with Crippen LogP contribution in [0.1, 0.15) is 16.1 Å². The zero-order valence-corrected chi connectivity index (χ0v) is 17.9. The Morgan fingerprint density at radius 1 is 1.06 bits per heavy atom. The highest BCUT2D eigenvalue weighted by molar-refractivity contribution is 6.32. The van der Waals surface area contributed by atoms with Gasteiger partial charge in [0.2, 0.25) is 0 Å². The Kier molecular flexibility index (Phi) is 5.68. The molecule has 1 amide bonds. The molecule has 8 heteroatoms. The van der Waals surface area contributed by atoms with Crippen LogP contribution in [0.4, 0.5) is 5.69 Å². The number of carbonyl (C=O) groups is 1. The number of para-hydroxylation sites is 1. The van der Waals surface area contributed by atoms with Gasteiger partial charge in [0.1, 0.15) is 23.0 Å². The van der Waals surface area contributed by atoms with E-state index < -0.39 is 0 Å². The number of nitrogens with zero attached hydrogens (tertiary/aromatic N) is 2. The van der Waals surface area contributed by atoms with Gasteiger partial charge in [-0.25, -0.2) is 4.68 Å². The summed E-state index contributed by atoms with van der Waals surface area (Å²) in [5, 5.41) is 7.84. The van der Waals surface area contributed by atoms with E-state index in [9.17, 15) is 4.79 Å². The van der Waals surface area contributed by atoms with Crippen LogP contribution in [-0.2, 0) is 0 Å². The number of nitrogens with one attached hydrogen (secondary N) is 1. The lowest BCUT2D eigenvalue weighted by atomic mass is 10.2. The predicted molar refractivity (Wildman–Crippen MR) is 119 cm³/mol. The van der Waals surface area contributed by atoms with Gasteiger partial charge in [-0.2, -0.15) is 5.10 Å². The molecule has 7 nitrogen and oxygen atoms in total. The van der Waals surface area contributed by atoms with Crippen LogP contribution in [0.15, 0.2) is 65.2 Å². The molecule has 0 atom stereocenters. The van der Waals surface area contributed by atoms with Crippen molar-refractivity contribution in [3.05, 3.63) is 77.1 Å². The van der Waals surface area contributed by atoms with Gasteiger partial charge >= 0.3 is 0 Å². The van der Waals surface area contributed by atoms with Gasteiger partial charge < -0.3 is 19.2 Å². The molecule has 0 saturated heterocycles. The third-order valence-corrected chi connectivity index (χ3v) is 4.97. The van der Waals surface area contributed by atoms with E-state index in [0.29, 0.717) is 39.2 Å². The number of amides is 1. The molecule has 0 unspecified atom stereocenters. The van der Waals surface area contributed by atoms with Crippen LogP contribution in [0, 0.1) is 6.92 Å². The number of methoxy groups -OCH3 is 2. The van der Waals surface area contributed by atoms with Gasteiger partial charge in [-0.3, -0.25) is 4.79 Å². The largest absolute Gasteiger partial charge is 0.495 e. The number of benzene rings is 2. The fourth-order valence-corrected chi connectivity index (χ4v) is 3.38. The highest BCUT2D eigenvalue weighted by Gasteiger charge is 2.22. The summed E-state index contributed by atoms with van der Waals surface area (Å²) >= 11 is 6.17. The van der Waals surface area contributed by atoms with Gasteiger partial charge in [0.15, 0.2) is 5.76 Å². The molecule has 4 aromatic rings. The summed E-state index contributed by atoms with van der Waals surface area (Å²) in [5.41, 5.74) is 2.00. The minimum atomic E-state index is -0.381. The molecule has 4 rings (SSSR count). The van der Waals surface area contributed by atoms with E-state index in [1.165, 1.54) is 14.2 Å². The Balaban J connectivity index is 1.76. The van der Waals surface area contributed by atoms with Crippen molar-refractivity contribution in [3.63, 3.8) is 0 Å². The minimum absolute atomic E-state index is 0.342. The van der Waals surface area contributed by atoms with E-state index in [0.717, 1.165) is 11.4 Å². The van der Waals surface area contributed by atoms with Crippen LogP contribution in [0.2, 0.25) is 5.02 Å². The van der Waals surface area contributed by atoms with E-state index >= 15 is 0 Å². The van der Waals surface area contributed by atoms with E-state index in [-0.39, 0.29) is 5.91 Å². The summed E-state index contributed by atoms with van der Waals surface area (Å²) in [7, 11) is 3.00. The highest BCUT2D eigenvalue weighted by atomic mass is 35.5. The minimum Gasteiger partial charge on any atom is -0.495 e. The van der Waals surface area contributed by atoms with Crippen LogP contribution >= 0.6 is 11.6 Å². The number of rotatable bonds is 6. The first kappa shape index (κ1) is 20.6. The molecule has 2 aromatic carbocycles. The molecule has 0 aliphatic rings. The maximum absolute atomic E-state index is 13.3. The fourth-order valence-electron chi connectivity index (χ4n) is 3.14. The average Bonchev–Trinajstić information content (AvgIpc) is 3.41. The molecule has 0 radical (unpaired) electrons. The topological polar surface area (TPSA) is 78.5 Å². The SMILES string of the molecule is COc1cc(NC(=O)c2cn(-c3ccccc3)nc2-c2ccc(C)o2)c(OC)cc1Cl. The second-order valence-corrected chi connectivity index (χ2v) is 7.13. The molecule has 2 aromatic heterocycles. The summed E-state index contributed by atoms with van der Waals surface area (Å²) in [5.74, 6) is 1.66. The Morgan fingerprint density at radius 2 is 1.81 bits per heavy atom. The first-order valence-electron chi connectivity index (χ1n) is 9.45. The zero-order chi connectivity index (χ0) is 22.0. The number of carbonyl (C=O) groups excluding carboxylic acids is 1. The summed E-state index contributed by atoms with van der Waals surface area (Å²) in [4.78, 5) is 13.3. The first-order valence-corrected chi connectivity index (χ1v) is 9.82. The predicted octanol–water partition coefficient (Wildman–Crippen LogP) is 5.36. The van der Waals surface area contributed by atoms with Gasteiger partial charge in [0, 0.05) is 18.3 Å². The third-order valence-electron chi connectivity index (χ3n) is 4.68. The van der Waals surface area contributed by atoms with Gasteiger partial charge in [0.05, 0.1) is 36.2 Å². The second-order valence-electron chi connectivity index (χ2n) is 6.72. The second kappa shape index (κ2) is 8.57. The molecule has 31 heavy (non-hydrogen) atoms. The molecule has 2 heterocycles. The van der Waals surface area contributed by atoms with Gasteiger partial charge in [0.25, 0.3) is 5.91 Å². The Bertz CT molecular complexity index is 1230. The smallest absolute Gasteiger partial charge is 0.259 e. The number of anilines is 1. The first-order chi connectivity index (χ1) is 15.0. The maximum Gasteiger partial charge on any atom is 0.259 e. The molecule has 158 valence electrons. The van der Waals surface area contributed by atoms with Crippen molar-refractivity contribution in [1.29, 1.82) is 0 Å². The van der Waals surface area contributed by atoms with Crippen LogP contribution in [-0.4, -0.2) is 29.9 Å². The monoisotopic (exact) mass is 437 g/mol. The van der Waals surface area contributed by atoms with Crippen molar-refractivity contribution in [2.24, 2.45) is 0 Å². The lowest BCUT2D eigenvalue weighted by Crippen LogP contribution is -2.13. The molecule has 0 saturated carbocycles. The van der Waals surface area contributed by atoms with E-state index in [2.05, 4.69) is 10.4 Å². The van der Waals surface area contributed by atoms with Crippen molar-refractivity contribution in [3.8, 4) is 28.6 Å². The molecule has 1 N–H and O–H groups in total. The fraction of sp³-hybridized carbons (Fsp3) is 0.130. The van der Waals surface area contributed by atoms with Crippen molar-refractivity contribution in [1.82, 2.24) is 9.78 Å². The third kappa shape index (κ3) is 4.13. The van der Waals surface area contributed by atoms with E-state index in [1.807, 2.05) is 43.3 Å². The van der Waals surface area contributed by atoms with Crippen molar-refractivity contribution >= 4 is 23.2 Å². The molecule has 0 fully saturated rings. The van der Waals surface area contributed by atoms with Crippen molar-refractivity contribution < 1.29 is 18.7 Å². The average molecular weight is 438 g/mol. The Labute approximate surface area is 184 Å². The lowest BCUT2D eigenvalue weighted by molar-refractivity contribution is 0.102. The molecular weight excluding hydrogens is 418 g/mol.